The molecule has 0 saturated carbocycles. The lowest BCUT2D eigenvalue weighted by molar-refractivity contribution is 1.09. The lowest BCUT2D eigenvalue weighted by Gasteiger charge is -2.11. The summed E-state index contributed by atoms with van der Waals surface area (Å²) >= 11 is 0. The minimum Gasteiger partial charge on any atom is -0.309 e. The smallest absolute Gasteiger partial charge is 0.138 e. The molecule has 4 heterocycles. The third-order valence-electron chi connectivity index (χ3n) is 11.1. The lowest BCUT2D eigenvalue weighted by Crippen LogP contribution is -1.99. The maximum absolute atomic E-state index is 5.42. The molecule has 52 heavy (non-hydrogen) atoms. The van der Waals surface area contributed by atoms with Crippen LogP contribution in [0.15, 0.2) is 170 Å². The van der Waals surface area contributed by atoms with E-state index in [1.807, 2.05) is 6.20 Å². The predicted molar refractivity (Wildman–Crippen MR) is 216 cm³/mol. The van der Waals surface area contributed by atoms with Gasteiger partial charge < -0.3 is 4.57 Å². The number of para-hydroxylation sites is 2. The molecule has 0 atom stereocenters. The average molecular weight is 661 g/mol. The maximum atomic E-state index is 5.42. The Bertz CT molecular complexity index is 3290. The molecule has 0 amide bonds. The van der Waals surface area contributed by atoms with Crippen LogP contribution in [0.2, 0.25) is 0 Å². The van der Waals surface area contributed by atoms with Crippen LogP contribution in [0.5, 0.6) is 0 Å². The normalized spacial score (nSPS) is 12.2. The topological polar surface area (TPSA) is 35.6 Å². The number of benzene rings is 7. The summed E-state index contributed by atoms with van der Waals surface area (Å²) in [5.74, 6) is 0.912. The van der Waals surface area contributed by atoms with Crippen LogP contribution in [0, 0.1) is 0 Å². The Labute approximate surface area is 298 Å². The molecule has 0 bridgehead atoms. The van der Waals surface area contributed by atoms with E-state index in [0.717, 1.165) is 39.2 Å². The number of fused-ring (bicyclic) bond motifs is 10. The van der Waals surface area contributed by atoms with Crippen molar-refractivity contribution < 1.29 is 0 Å². The van der Waals surface area contributed by atoms with E-state index in [2.05, 4.69) is 178 Å². The Morgan fingerprint density at radius 1 is 0.404 bits per heavy atom. The standard InChI is InChI=1S/C48H28N4/c1-2-11-33(12-3-1)51-42-16-7-6-13-34(42)38-26-31(17-20-43(38)51)32-18-21-44-39(27-32)40-25-29-9-4-5-10-30(29)28-45(40)52(44)46-22-19-36-35-23-24-49-41-15-8-14-37(47(35)41)48(36)50-46/h1-28H. The highest BCUT2D eigenvalue weighted by molar-refractivity contribution is 6.16. The van der Waals surface area contributed by atoms with Crippen LogP contribution in [-0.2, 0) is 0 Å². The highest BCUT2D eigenvalue weighted by atomic mass is 15.1. The molecule has 0 aliphatic heterocycles. The molecule has 4 aromatic heterocycles. The molecule has 0 fully saturated rings. The first-order chi connectivity index (χ1) is 25.8. The number of nitrogens with zero attached hydrogens (tertiary/aromatic N) is 4. The average Bonchev–Trinajstić information content (AvgIpc) is 3.83. The summed E-state index contributed by atoms with van der Waals surface area (Å²) in [6.45, 7) is 0. The van der Waals surface area contributed by atoms with Crippen molar-refractivity contribution in [3.63, 3.8) is 0 Å². The van der Waals surface area contributed by atoms with Crippen molar-refractivity contribution in [3.05, 3.63) is 170 Å². The van der Waals surface area contributed by atoms with Crippen LogP contribution in [0.1, 0.15) is 0 Å². The molecule has 7 aromatic carbocycles. The third-order valence-corrected chi connectivity index (χ3v) is 11.1. The Hall–Kier alpha value is -7.04. The van der Waals surface area contributed by atoms with Crippen LogP contribution in [0.25, 0.3) is 110 Å². The minimum absolute atomic E-state index is 0.912. The van der Waals surface area contributed by atoms with E-state index in [1.165, 1.54) is 71.1 Å². The molecule has 0 unspecified atom stereocenters. The van der Waals surface area contributed by atoms with Gasteiger partial charge in [0.1, 0.15) is 5.82 Å². The SMILES string of the molecule is c1ccc(-n2c3ccccc3c3cc(-c4ccc5c(c4)c4cc6ccccc6cc4n5-c4ccc5c(n4)-c4cccc6nccc-5c46)ccc32)cc1. The van der Waals surface area contributed by atoms with Gasteiger partial charge in [-0.05, 0) is 106 Å². The van der Waals surface area contributed by atoms with Crippen molar-refractivity contribution in [3.8, 4) is 45.0 Å². The molecule has 11 aromatic rings. The van der Waals surface area contributed by atoms with Gasteiger partial charge >= 0.3 is 0 Å². The second kappa shape index (κ2) is 10.3. The molecule has 1 aliphatic carbocycles. The molecule has 4 heteroatoms. The summed E-state index contributed by atoms with van der Waals surface area (Å²) in [6, 6.07) is 59.4. The summed E-state index contributed by atoms with van der Waals surface area (Å²) < 4.78 is 4.72. The molecular formula is C48H28N4. The quantitative estimate of drug-likeness (QED) is 0.189. The van der Waals surface area contributed by atoms with Gasteiger partial charge in [0.2, 0.25) is 0 Å². The van der Waals surface area contributed by atoms with E-state index >= 15 is 0 Å². The van der Waals surface area contributed by atoms with Crippen LogP contribution in [0.4, 0.5) is 0 Å². The molecule has 0 saturated heterocycles. The molecule has 240 valence electrons. The zero-order chi connectivity index (χ0) is 33.9. The van der Waals surface area contributed by atoms with Crippen molar-refractivity contribution in [2.24, 2.45) is 0 Å². The van der Waals surface area contributed by atoms with Gasteiger partial charge in [-0.2, -0.15) is 0 Å². The van der Waals surface area contributed by atoms with Crippen LogP contribution in [-0.4, -0.2) is 19.1 Å². The molecule has 12 rings (SSSR count). The Morgan fingerprint density at radius 2 is 1.10 bits per heavy atom. The highest BCUT2D eigenvalue weighted by Crippen LogP contribution is 2.46. The molecular weight excluding hydrogens is 633 g/mol. The van der Waals surface area contributed by atoms with Gasteiger partial charge in [0, 0.05) is 49.9 Å². The second-order valence-electron chi connectivity index (χ2n) is 13.8. The number of pyridine rings is 2. The minimum atomic E-state index is 0.912. The van der Waals surface area contributed by atoms with E-state index in [0.29, 0.717) is 0 Å². The van der Waals surface area contributed by atoms with Crippen LogP contribution in [0.3, 0.4) is 0 Å². The van der Waals surface area contributed by atoms with Crippen LogP contribution >= 0.6 is 0 Å². The molecule has 0 N–H and O–H groups in total. The molecule has 0 radical (unpaired) electrons. The Kier molecular flexibility index (Phi) is 5.47. The zero-order valence-corrected chi connectivity index (χ0v) is 28.0. The first-order valence-electron chi connectivity index (χ1n) is 17.7. The molecule has 0 spiro atoms. The van der Waals surface area contributed by atoms with Crippen LogP contribution < -0.4 is 0 Å². The van der Waals surface area contributed by atoms with Gasteiger partial charge in [-0.25, -0.2) is 4.98 Å². The van der Waals surface area contributed by atoms with Gasteiger partial charge in [0.25, 0.3) is 0 Å². The van der Waals surface area contributed by atoms with Gasteiger partial charge in [-0.15, -0.1) is 0 Å². The summed E-state index contributed by atoms with van der Waals surface area (Å²) in [6.07, 6.45) is 1.90. The van der Waals surface area contributed by atoms with E-state index in [1.54, 1.807) is 0 Å². The monoisotopic (exact) mass is 660 g/mol. The maximum Gasteiger partial charge on any atom is 0.138 e. The molecule has 4 nitrogen and oxygen atoms in total. The van der Waals surface area contributed by atoms with E-state index in [9.17, 15) is 0 Å². The fourth-order valence-electron chi connectivity index (χ4n) is 8.76. The van der Waals surface area contributed by atoms with Gasteiger partial charge in [-0.3, -0.25) is 9.55 Å². The number of hydrogen-bond donors (Lipinski definition) is 0. The molecule has 1 aliphatic rings. The van der Waals surface area contributed by atoms with E-state index in [-0.39, 0.29) is 0 Å². The third kappa shape index (κ3) is 3.75. The highest BCUT2D eigenvalue weighted by Gasteiger charge is 2.25. The summed E-state index contributed by atoms with van der Waals surface area (Å²) in [7, 11) is 0. The van der Waals surface area contributed by atoms with Crippen molar-refractivity contribution in [2.75, 3.05) is 0 Å². The van der Waals surface area contributed by atoms with E-state index in [4.69, 9.17) is 4.98 Å². The number of rotatable bonds is 3. The van der Waals surface area contributed by atoms with Crippen molar-refractivity contribution in [1.82, 2.24) is 19.1 Å². The predicted octanol–water partition coefficient (Wildman–Crippen LogP) is 12.3. The first-order valence-corrected chi connectivity index (χ1v) is 17.7. The largest absolute Gasteiger partial charge is 0.309 e. The van der Waals surface area contributed by atoms with Crippen molar-refractivity contribution in [2.45, 2.75) is 0 Å². The summed E-state index contributed by atoms with van der Waals surface area (Å²) in [4.78, 5) is 10.1. The first kappa shape index (κ1) is 27.7. The second-order valence-corrected chi connectivity index (χ2v) is 13.8. The van der Waals surface area contributed by atoms with Crippen molar-refractivity contribution in [1.29, 1.82) is 0 Å². The Morgan fingerprint density at radius 3 is 1.94 bits per heavy atom. The lowest BCUT2D eigenvalue weighted by atomic mass is 10.00. The number of aromatic nitrogens is 4. The van der Waals surface area contributed by atoms with Crippen molar-refractivity contribution >= 4 is 65.3 Å². The number of hydrogen-bond acceptors (Lipinski definition) is 2. The van der Waals surface area contributed by atoms with Gasteiger partial charge in [0.15, 0.2) is 0 Å². The van der Waals surface area contributed by atoms with Gasteiger partial charge in [0.05, 0.1) is 33.3 Å². The Balaban J connectivity index is 1.09. The van der Waals surface area contributed by atoms with Gasteiger partial charge in [-0.1, -0.05) is 84.9 Å². The fourth-order valence-corrected chi connectivity index (χ4v) is 8.76. The zero-order valence-electron chi connectivity index (χ0n) is 28.0. The fraction of sp³-hybridized carbons (Fsp3) is 0. The summed E-state index contributed by atoms with van der Waals surface area (Å²) in [5, 5.41) is 8.56. The van der Waals surface area contributed by atoms with E-state index < -0.39 is 0 Å². The summed E-state index contributed by atoms with van der Waals surface area (Å²) in [5.41, 5.74) is 13.8.